The number of rotatable bonds is 8. The second kappa shape index (κ2) is 8.80. The first-order chi connectivity index (χ1) is 8.75. The molecule has 0 saturated carbocycles. The molecule has 1 heterocycles. The van der Waals surface area contributed by atoms with Crippen molar-refractivity contribution in [3.63, 3.8) is 0 Å². The van der Waals surface area contributed by atoms with Crippen molar-refractivity contribution in [2.24, 2.45) is 0 Å². The molecule has 1 aromatic rings. The van der Waals surface area contributed by atoms with Gasteiger partial charge in [-0.2, -0.15) is 11.8 Å². The van der Waals surface area contributed by atoms with E-state index in [4.69, 9.17) is 5.73 Å². The van der Waals surface area contributed by atoms with Gasteiger partial charge in [-0.05, 0) is 37.0 Å². The highest BCUT2D eigenvalue weighted by Crippen LogP contribution is 2.07. The van der Waals surface area contributed by atoms with Crippen LogP contribution in [0.2, 0.25) is 0 Å². The molecule has 0 aromatic carbocycles. The first kappa shape index (κ1) is 14.8. The van der Waals surface area contributed by atoms with Gasteiger partial charge >= 0.3 is 0 Å². The van der Waals surface area contributed by atoms with E-state index < -0.39 is 0 Å². The maximum atomic E-state index is 11.8. The minimum atomic E-state index is -0.135. The number of nitrogen functional groups attached to an aromatic ring is 1. The predicted octanol–water partition coefficient (Wildman–Crippen LogP) is 2.32. The van der Waals surface area contributed by atoms with Crippen molar-refractivity contribution in [2.45, 2.75) is 25.7 Å². The summed E-state index contributed by atoms with van der Waals surface area (Å²) in [5.74, 6) is 1.37. The SMILES string of the molecule is CSCCCCCCNC(=O)c1cccnc1N. The summed E-state index contributed by atoms with van der Waals surface area (Å²) in [4.78, 5) is 15.7. The second-order valence-electron chi connectivity index (χ2n) is 4.10. The van der Waals surface area contributed by atoms with Crippen LogP contribution in [0.1, 0.15) is 36.0 Å². The van der Waals surface area contributed by atoms with Gasteiger partial charge in [-0.1, -0.05) is 12.8 Å². The van der Waals surface area contributed by atoms with Gasteiger partial charge in [-0.15, -0.1) is 0 Å². The molecule has 0 aliphatic rings. The normalized spacial score (nSPS) is 10.3. The van der Waals surface area contributed by atoms with Crippen molar-refractivity contribution in [1.82, 2.24) is 10.3 Å². The van der Waals surface area contributed by atoms with Crippen molar-refractivity contribution >= 4 is 23.5 Å². The van der Waals surface area contributed by atoms with Crippen LogP contribution in [0.15, 0.2) is 18.3 Å². The lowest BCUT2D eigenvalue weighted by Crippen LogP contribution is -2.25. The van der Waals surface area contributed by atoms with Gasteiger partial charge in [0.25, 0.3) is 5.91 Å². The Bertz CT molecular complexity index is 371. The molecule has 4 nitrogen and oxygen atoms in total. The zero-order valence-corrected chi connectivity index (χ0v) is 11.6. The second-order valence-corrected chi connectivity index (χ2v) is 5.08. The quantitative estimate of drug-likeness (QED) is 0.709. The fraction of sp³-hybridized carbons (Fsp3) is 0.538. The smallest absolute Gasteiger partial charge is 0.255 e. The molecule has 0 bridgehead atoms. The van der Waals surface area contributed by atoms with Gasteiger partial charge in [0.15, 0.2) is 0 Å². The third kappa shape index (κ3) is 5.40. The van der Waals surface area contributed by atoms with E-state index in [1.165, 1.54) is 18.6 Å². The van der Waals surface area contributed by atoms with E-state index in [0.717, 1.165) is 12.8 Å². The molecule has 1 amide bonds. The van der Waals surface area contributed by atoms with Crippen molar-refractivity contribution in [2.75, 3.05) is 24.3 Å². The molecule has 0 atom stereocenters. The summed E-state index contributed by atoms with van der Waals surface area (Å²) in [6.45, 7) is 0.701. The maximum absolute atomic E-state index is 11.8. The van der Waals surface area contributed by atoms with E-state index in [1.807, 2.05) is 11.8 Å². The average Bonchev–Trinajstić information content (AvgIpc) is 2.38. The summed E-state index contributed by atoms with van der Waals surface area (Å²) in [5, 5.41) is 2.87. The van der Waals surface area contributed by atoms with Crippen molar-refractivity contribution < 1.29 is 4.79 Å². The minimum absolute atomic E-state index is 0.135. The van der Waals surface area contributed by atoms with Crippen LogP contribution < -0.4 is 11.1 Å². The van der Waals surface area contributed by atoms with Gasteiger partial charge in [0.05, 0.1) is 5.56 Å². The van der Waals surface area contributed by atoms with E-state index in [-0.39, 0.29) is 11.7 Å². The van der Waals surface area contributed by atoms with Crippen LogP contribution in [0.25, 0.3) is 0 Å². The third-order valence-corrected chi connectivity index (χ3v) is 3.34. The average molecular weight is 267 g/mol. The molecule has 0 radical (unpaired) electrons. The van der Waals surface area contributed by atoms with Crippen LogP contribution in [-0.2, 0) is 0 Å². The summed E-state index contributed by atoms with van der Waals surface area (Å²) in [6, 6.07) is 3.41. The van der Waals surface area contributed by atoms with Crippen molar-refractivity contribution in [3.05, 3.63) is 23.9 Å². The van der Waals surface area contributed by atoms with Crippen LogP contribution in [-0.4, -0.2) is 29.4 Å². The van der Waals surface area contributed by atoms with Crippen LogP contribution in [0.5, 0.6) is 0 Å². The van der Waals surface area contributed by atoms with Gasteiger partial charge in [0.2, 0.25) is 0 Å². The zero-order valence-electron chi connectivity index (χ0n) is 10.8. The molecule has 100 valence electrons. The highest BCUT2D eigenvalue weighted by atomic mass is 32.2. The molecule has 0 unspecified atom stereocenters. The predicted molar refractivity (Wildman–Crippen MR) is 77.8 cm³/mol. The zero-order chi connectivity index (χ0) is 13.2. The van der Waals surface area contributed by atoms with Crippen molar-refractivity contribution in [1.29, 1.82) is 0 Å². The molecule has 0 aliphatic heterocycles. The summed E-state index contributed by atoms with van der Waals surface area (Å²) < 4.78 is 0. The number of nitrogens with zero attached hydrogens (tertiary/aromatic N) is 1. The number of pyridine rings is 1. The number of amides is 1. The summed E-state index contributed by atoms with van der Waals surface area (Å²) in [5.41, 5.74) is 6.09. The standard InChI is InChI=1S/C13H21N3OS/c1-18-10-5-3-2-4-8-16-13(17)11-7-6-9-15-12(11)14/h6-7,9H,2-5,8,10H2,1H3,(H2,14,15)(H,16,17). The summed E-state index contributed by atoms with van der Waals surface area (Å²) in [7, 11) is 0. The van der Waals surface area contributed by atoms with E-state index in [9.17, 15) is 4.79 Å². The number of carbonyl (C=O) groups is 1. The van der Waals surface area contributed by atoms with Gasteiger partial charge in [-0.25, -0.2) is 4.98 Å². The molecule has 0 aliphatic carbocycles. The van der Waals surface area contributed by atoms with Crippen molar-refractivity contribution in [3.8, 4) is 0 Å². The number of hydrogen-bond donors (Lipinski definition) is 2. The number of carbonyl (C=O) groups excluding carboxylic acids is 1. The Morgan fingerprint density at radius 1 is 1.39 bits per heavy atom. The van der Waals surface area contributed by atoms with Crippen LogP contribution >= 0.6 is 11.8 Å². The molecule has 5 heteroatoms. The fourth-order valence-corrected chi connectivity index (χ4v) is 2.12. The number of unbranched alkanes of at least 4 members (excludes halogenated alkanes) is 3. The first-order valence-electron chi connectivity index (χ1n) is 6.23. The Balaban J connectivity index is 2.16. The fourth-order valence-electron chi connectivity index (χ4n) is 1.63. The molecular formula is C13H21N3OS. The van der Waals surface area contributed by atoms with Gasteiger partial charge < -0.3 is 11.1 Å². The van der Waals surface area contributed by atoms with Gasteiger partial charge in [0, 0.05) is 12.7 Å². The van der Waals surface area contributed by atoms with E-state index >= 15 is 0 Å². The van der Waals surface area contributed by atoms with Crippen LogP contribution in [0, 0.1) is 0 Å². The lowest BCUT2D eigenvalue weighted by molar-refractivity contribution is 0.0953. The van der Waals surface area contributed by atoms with Crippen LogP contribution in [0.4, 0.5) is 5.82 Å². The molecule has 0 saturated heterocycles. The number of nitrogens with one attached hydrogen (secondary N) is 1. The molecule has 0 spiro atoms. The highest BCUT2D eigenvalue weighted by Gasteiger charge is 2.08. The lowest BCUT2D eigenvalue weighted by Gasteiger charge is -2.06. The van der Waals surface area contributed by atoms with Crippen LogP contribution in [0.3, 0.4) is 0 Å². The summed E-state index contributed by atoms with van der Waals surface area (Å²) in [6.07, 6.45) is 8.36. The number of aromatic nitrogens is 1. The molecule has 3 N–H and O–H groups in total. The number of anilines is 1. The maximum Gasteiger partial charge on any atom is 0.255 e. The minimum Gasteiger partial charge on any atom is -0.383 e. The third-order valence-electron chi connectivity index (χ3n) is 2.64. The molecule has 1 rings (SSSR count). The Morgan fingerprint density at radius 3 is 2.89 bits per heavy atom. The number of thioether (sulfide) groups is 1. The number of hydrogen-bond acceptors (Lipinski definition) is 4. The topological polar surface area (TPSA) is 68.0 Å². The molecule has 1 aromatic heterocycles. The van der Waals surface area contributed by atoms with Gasteiger partial charge in [0.1, 0.15) is 5.82 Å². The Morgan fingerprint density at radius 2 is 2.17 bits per heavy atom. The molecular weight excluding hydrogens is 246 g/mol. The highest BCUT2D eigenvalue weighted by molar-refractivity contribution is 7.98. The van der Waals surface area contributed by atoms with Gasteiger partial charge in [-0.3, -0.25) is 4.79 Å². The lowest BCUT2D eigenvalue weighted by atomic mass is 10.2. The Kier molecular flexibility index (Phi) is 7.25. The Labute approximate surface area is 113 Å². The first-order valence-corrected chi connectivity index (χ1v) is 7.62. The van der Waals surface area contributed by atoms with E-state index in [0.29, 0.717) is 12.1 Å². The van der Waals surface area contributed by atoms with E-state index in [2.05, 4.69) is 16.6 Å². The summed E-state index contributed by atoms with van der Waals surface area (Å²) >= 11 is 1.88. The Hall–Kier alpha value is -1.23. The molecule has 0 fully saturated rings. The largest absolute Gasteiger partial charge is 0.383 e. The van der Waals surface area contributed by atoms with E-state index in [1.54, 1.807) is 18.3 Å². The molecule has 18 heavy (non-hydrogen) atoms. The number of nitrogens with two attached hydrogens (primary N) is 1. The monoisotopic (exact) mass is 267 g/mol.